The normalized spacial score (nSPS) is 15.7. The number of benzene rings is 1. The van der Waals surface area contributed by atoms with Crippen LogP contribution in [0.25, 0.3) is 0 Å². The van der Waals surface area contributed by atoms with Gasteiger partial charge in [-0.3, -0.25) is 10.1 Å². The molecule has 0 unspecified atom stereocenters. The SMILES string of the molecule is COc1cc(CBr)c([N+](=O)[O-])cc1OCC1CCOCC1. The molecule has 116 valence electrons. The fourth-order valence-corrected chi connectivity index (χ4v) is 2.71. The van der Waals surface area contributed by atoms with Crippen molar-refractivity contribution in [3.05, 3.63) is 27.8 Å². The molecule has 1 aliphatic heterocycles. The van der Waals surface area contributed by atoms with Gasteiger partial charge in [0.05, 0.1) is 24.7 Å². The Morgan fingerprint density at radius 1 is 1.38 bits per heavy atom. The van der Waals surface area contributed by atoms with E-state index < -0.39 is 4.92 Å². The summed E-state index contributed by atoms with van der Waals surface area (Å²) in [4.78, 5) is 10.7. The van der Waals surface area contributed by atoms with Crippen molar-refractivity contribution in [2.45, 2.75) is 18.2 Å². The molecule has 0 amide bonds. The molecular formula is C14H18BrNO5. The minimum atomic E-state index is -0.405. The van der Waals surface area contributed by atoms with E-state index in [1.807, 2.05) is 0 Å². The molecule has 0 radical (unpaired) electrons. The van der Waals surface area contributed by atoms with Gasteiger partial charge in [-0.15, -0.1) is 0 Å². The van der Waals surface area contributed by atoms with E-state index in [9.17, 15) is 10.1 Å². The number of rotatable bonds is 6. The van der Waals surface area contributed by atoms with Crippen LogP contribution in [0.5, 0.6) is 11.5 Å². The van der Waals surface area contributed by atoms with E-state index in [1.54, 1.807) is 6.07 Å². The Labute approximate surface area is 131 Å². The Bertz CT molecular complexity index is 502. The molecule has 21 heavy (non-hydrogen) atoms. The fraction of sp³-hybridized carbons (Fsp3) is 0.571. The van der Waals surface area contributed by atoms with Crippen LogP contribution in [0.1, 0.15) is 18.4 Å². The molecule has 0 spiro atoms. The third kappa shape index (κ3) is 4.07. The summed E-state index contributed by atoms with van der Waals surface area (Å²) >= 11 is 3.25. The largest absolute Gasteiger partial charge is 0.493 e. The van der Waals surface area contributed by atoms with Gasteiger partial charge >= 0.3 is 0 Å². The summed E-state index contributed by atoms with van der Waals surface area (Å²) in [6.07, 6.45) is 1.90. The number of nitro groups is 1. The number of hydrogen-bond donors (Lipinski definition) is 0. The van der Waals surface area contributed by atoms with E-state index in [0.717, 1.165) is 26.1 Å². The van der Waals surface area contributed by atoms with Crippen molar-refractivity contribution in [3.63, 3.8) is 0 Å². The number of methoxy groups -OCH3 is 1. The lowest BCUT2D eigenvalue weighted by atomic mass is 10.0. The molecule has 0 saturated carbocycles. The van der Waals surface area contributed by atoms with Crippen LogP contribution in [0.15, 0.2) is 12.1 Å². The zero-order valence-electron chi connectivity index (χ0n) is 11.8. The van der Waals surface area contributed by atoms with E-state index in [0.29, 0.717) is 34.9 Å². The Morgan fingerprint density at radius 3 is 2.67 bits per heavy atom. The van der Waals surface area contributed by atoms with Gasteiger partial charge in [0.15, 0.2) is 11.5 Å². The highest BCUT2D eigenvalue weighted by Crippen LogP contribution is 2.36. The van der Waals surface area contributed by atoms with Crippen molar-refractivity contribution in [1.82, 2.24) is 0 Å². The van der Waals surface area contributed by atoms with Crippen molar-refractivity contribution in [1.29, 1.82) is 0 Å². The van der Waals surface area contributed by atoms with Gasteiger partial charge in [0.2, 0.25) is 0 Å². The maximum Gasteiger partial charge on any atom is 0.277 e. The quantitative estimate of drug-likeness (QED) is 0.442. The van der Waals surface area contributed by atoms with Crippen molar-refractivity contribution in [2.24, 2.45) is 5.92 Å². The minimum Gasteiger partial charge on any atom is -0.493 e. The van der Waals surface area contributed by atoms with E-state index >= 15 is 0 Å². The molecule has 0 atom stereocenters. The van der Waals surface area contributed by atoms with Gasteiger partial charge in [-0.2, -0.15) is 0 Å². The predicted molar refractivity (Wildman–Crippen MR) is 81.3 cm³/mol. The third-order valence-corrected chi connectivity index (χ3v) is 4.13. The zero-order valence-corrected chi connectivity index (χ0v) is 13.4. The maximum absolute atomic E-state index is 11.1. The van der Waals surface area contributed by atoms with E-state index in [4.69, 9.17) is 14.2 Å². The monoisotopic (exact) mass is 359 g/mol. The van der Waals surface area contributed by atoms with Crippen LogP contribution in [0.2, 0.25) is 0 Å². The number of halogens is 1. The standard InChI is InChI=1S/C14H18BrNO5/c1-19-13-6-11(8-15)12(16(17)18)7-14(13)21-9-10-2-4-20-5-3-10/h6-7,10H,2-5,8-9H2,1H3. The number of alkyl halides is 1. The van der Waals surface area contributed by atoms with Crippen LogP contribution in [0, 0.1) is 16.0 Å². The number of ether oxygens (including phenoxy) is 3. The van der Waals surface area contributed by atoms with Crippen molar-refractivity contribution >= 4 is 21.6 Å². The van der Waals surface area contributed by atoms with Crippen molar-refractivity contribution in [2.75, 3.05) is 26.9 Å². The fourth-order valence-electron chi connectivity index (χ4n) is 2.26. The Morgan fingerprint density at radius 2 is 2.10 bits per heavy atom. The highest BCUT2D eigenvalue weighted by molar-refractivity contribution is 9.08. The summed E-state index contributed by atoms with van der Waals surface area (Å²) in [6.45, 7) is 2.01. The number of nitrogens with zero attached hydrogens (tertiary/aromatic N) is 1. The first kappa shape index (κ1) is 16.0. The molecule has 1 fully saturated rings. The van der Waals surface area contributed by atoms with Gasteiger partial charge in [-0.25, -0.2) is 0 Å². The molecule has 1 heterocycles. The second-order valence-electron chi connectivity index (χ2n) is 4.89. The molecule has 2 rings (SSSR count). The van der Waals surface area contributed by atoms with Gasteiger partial charge in [0.1, 0.15) is 0 Å². The highest BCUT2D eigenvalue weighted by Gasteiger charge is 2.21. The zero-order chi connectivity index (χ0) is 15.2. The minimum absolute atomic E-state index is 0.0367. The summed E-state index contributed by atoms with van der Waals surface area (Å²) in [5.41, 5.74) is 0.602. The summed E-state index contributed by atoms with van der Waals surface area (Å²) in [7, 11) is 1.53. The van der Waals surface area contributed by atoms with Crippen LogP contribution >= 0.6 is 15.9 Å². The van der Waals surface area contributed by atoms with Crippen LogP contribution in [0.4, 0.5) is 5.69 Å². The molecule has 0 aromatic heterocycles. The molecule has 1 aromatic rings. The first-order valence-electron chi connectivity index (χ1n) is 6.77. The van der Waals surface area contributed by atoms with Crippen LogP contribution in [-0.4, -0.2) is 31.9 Å². The first-order chi connectivity index (χ1) is 10.2. The summed E-state index contributed by atoms with van der Waals surface area (Å²) in [5, 5.41) is 11.5. The Hall–Kier alpha value is -1.34. The molecule has 1 aromatic carbocycles. The van der Waals surface area contributed by atoms with Crippen molar-refractivity contribution < 1.29 is 19.1 Å². The first-order valence-corrected chi connectivity index (χ1v) is 7.89. The Balaban J connectivity index is 2.16. The van der Waals surface area contributed by atoms with E-state index in [1.165, 1.54) is 13.2 Å². The average molecular weight is 360 g/mol. The lowest BCUT2D eigenvalue weighted by Gasteiger charge is -2.22. The molecule has 0 bridgehead atoms. The van der Waals surface area contributed by atoms with Crippen LogP contribution < -0.4 is 9.47 Å². The lowest BCUT2D eigenvalue weighted by Crippen LogP contribution is -2.21. The molecule has 6 nitrogen and oxygen atoms in total. The summed E-state index contributed by atoms with van der Waals surface area (Å²) in [5.74, 6) is 1.35. The molecule has 0 aliphatic carbocycles. The highest BCUT2D eigenvalue weighted by atomic mass is 79.9. The predicted octanol–water partition coefficient (Wildman–Crippen LogP) is 3.30. The van der Waals surface area contributed by atoms with E-state index in [2.05, 4.69) is 15.9 Å². The van der Waals surface area contributed by atoms with E-state index in [-0.39, 0.29) is 5.69 Å². The molecular weight excluding hydrogens is 342 g/mol. The molecule has 0 N–H and O–H groups in total. The maximum atomic E-state index is 11.1. The average Bonchev–Trinajstić information content (AvgIpc) is 2.52. The topological polar surface area (TPSA) is 70.8 Å². The summed E-state index contributed by atoms with van der Waals surface area (Å²) < 4.78 is 16.3. The lowest BCUT2D eigenvalue weighted by molar-refractivity contribution is -0.385. The van der Waals surface area contributed by atoms with Gasteiger partial charge in [0, 0.05) is 24.1 Å². The second-order valence-corrected chi connectivity index (χ2v) is 5.45. The van der Waals surface area contributed by atoms with Crippen molar-refractivity contribution in [3.8, 4) is 11.5 Å². The molecule has 1 saturated heterocycles. The summed E-state index contributed by atoms with van der Waals surface area (Å²) in [6, 6.07) is 3.08. The third-order valence-electron chi connectivity index (χ3n) is 3.52. The Kier molecular flexibility index (Phi) is 5.81. The van der Waals surface area contributed by atoms with Gasteiger partial charge < -0.3 is 14.2 Å². The van der Waals surface area contributed by atoms with Crippen LogP contribution in [-0.2, 0) is 10.1 Å². The number of nitro benzene ring substituents is 1. The van der Waals surface area contributed by atoms with Gasteiger partial charge in [-0.1, -0.05) is 15.9 Å². The molecule has 7 heteroatoms. The second kappa shape index (κ2) is 7.61. The molecule has 1 aliphatic rings. The van der Waals surface area contributed by atoms with Gasteiger partial charge in [0.25, 0.3) is 5.69 Å². The van der Waals surface area contributed by atoms with Gasteiger partial charge in [-0.05, 0) is 24.8 Å². The number of hydrogen-bond acceptors (Lipinski definition) is 5. The van der Waals surface area contributed by atoms with Crippen LogP contribution in [0.3, 0.4) is 0 Å². The smallest absolute Gasteiger partial charge is 0.277 e.